The first-order valence-electron chi connectivity index (χ1n) is 10.5. The molecule has 1 aliphatic heterocycles. The van der Waals surface area contributed by atoms with Crippen LogP contribution in [0.15, 0.2) is 52.4 Å². The molecule has 0 amide bonds. The van der Waals surface area contributed by atoms with Crippen LogP contribution in [0, 0.1) is 13.8 Å². The van der Waals surface area contributed by atoms with Crippen LogP contribution in [0.5, 0.6) is 5.75 Å². The van der Waals surface area contributed by atoms with Gasteiger partial charge in [0.2, 0.25) is 15.4 Å². The van der Waals surface area contributed by atoms with Crippen molar-refractivity contribution in [1.82, 2.24) is 0 Å². The third-order valence-electron chi connectivity index (χ3n) is 6.07. The third kappa shape index (κ3) is 3.76. The smallest absolute Gasteiger partial charge is 0.214 e. The number of sulfone groups is 1. The molecular weight excluding hydrogens is 396 g/mol. The van der Waals surface area contributed by atoms with Crippen LogP contribution in [-0.2, 0) is 9.84 Å². The van der Waals surface area contributed by atoms with Crippen LogP contribution in [0.2, 0.25) is 0 Å². The van der Waals surface area contributed by atoms with Gasteiger partial charge in [-0.15, -0.1) is 0 Å². The van der Waals surface area contributed by atoms with Gasteiger partial charge in [-0.05, 0) is 62.1 Å². The maximum absolute atomic E-state index is 13.8. The molecular formula is C24H29N2O3S+. The van der Waals surface area contributed by atoms with E-state index in [1.165, 1.54) is 12.8 Å². The molecule has 1 aliphatic rings. The van der Waals surface area contributed by atoms with Gasteiger partial charge in [-0.25, -0.2) is 13.4 Å². The SMILES string of the molecule is COc1ccc2[nH+]cc(S(=O)(=O)c3ccc(C)c(C)c3)c(N3CCCCCC3)c2c1. The third-order valence-corrected chi connectivity index (χ3v) is 7.84. The molecule has 0 bridgehead atoms. The number of hydrogen-bond donors (Lipinski definition) is 0. The summed E-state index contributed by atoms with van der Waals surface area (Å²) in [5, 5.41) is 0.876. The zero-order valence-corrected chi connectivity index (χ0v) is 18.7. The molecule has 30 heavy (non-hydrogen) atoms. The molecule has 2 heterocycles. The number of rotatable bonds is 4. The van der Waals surface area contributed by atoms with Crippen LogP contribution in [0.25, 0.3) is 10.9 Å². The summed E-state index contributed by atoms with van der Waals surface area (Å²) in [6, 6.07) is 11.1. The molecule has 5 nitrogen and oxygen atoms in total. The quantitative estimate of drug-likeness (QED) is 0.618. The molecule has 158 valence electrons. The Morgan fingerprint density at radius 3 is 2.33 bits per heavy atom. The number of nitrogens with zero attached hydrogens (tertiary/aromatic N) is 1. The molecule has 0 radical (unpaired) electrons. The largest absolute Gasteiger partial charge is 0.497 e. The van der Waals surface area contributed by atoms with E-state index in [1.807, 2.05) is 38.1 Å². The highest BCUT2D eigenvalue weighted by Crippen LogP contribution is 2.37. The van der Waals surface area contributed by atoms with Gasteiger partial charge >= 0.3 is 0 Å². The molecule has 3 aromatic rings. The first-order valence-corrected chi connectivity index (χ1v) is 12.0. The monoisotopic (exact) mass is 425 g/mol. The van der Waals surface area contributed by atoms with Crippen molar-refractivity contribution in [3.05, 3.63) is 53.7 Å². The van der Waals surface area contributed by atoms with Crippen molar-refractivity contribution in [2.45, 2.75) is 49.3 Å². The van der Waals surface area contributed by atoms with E-state index in [4.69, 9.17) is 4.74 Å². The van der Waals surface area contributed by atoms with E-state index in [9.17, 15) is 8.42 Å². The fourth-order valence-electron chi connectivity index (χ4n) is 4.15. The van der Waals surface area contributed by atoms with E-state index in [-0.39, 0.29) is 0 Å². The number of fused-ring (bicyclic) bond motifs is 1. The van der Waals surface area contributed by atoms with Crippen LogP contribution >= 0.6 is 0 Å². The molecule has 6 heteroatoms. The second-order valence-electron chi connectivity index (χ2n) is 8.06. The molecule has 1 aromatic heterocycles. The van der Waals surface area contributed by atoms with E-state index >= 15 is 0 Å². The predicted molar refractivity (Wildman–Crippen MR) is 119 cm³/mol. The van der Waals surface area contributed by atoms with Crippen molar-refractivity contribution in [1.29, 1.82) is 0 Å². The highest BCUT2D eigenvalue weighted by Gasteiger charge is 2.30. The van der Waals surface area contributed by atoms with Crippen molar-refractivity contribution < 1.29 is 18.1 Å². The Morgan fingerprint density at radius 1 is 0.933 bits per heavy atom. The van der Waals surface area contributed by atoms with Crippen LogP contribution < -0.4 is 14.6 Å². The number of anilines is 1. The minimum Gasteiger partial charge on any atom is -0.497 e. The minimum atomic E-state index is -3.69. The highest BCUT2D eigenvalue weighted by atomic mass is 32.2. The van der Waals surface area contributed by atoms with Crippen LogP contribution in [0.3, 0.4) is 0 Å². The number of nitrogens with one attached hydrogen (secondary N) is 1. The first-order chi connectivity index (χ1) is 14.4. The number of aromatic nitrogens is 1. The molecule has 1 saturated heterocycles. The van der Waals surface area contributed by atoms with Gasteiger partial charge in [0, 0.05) is 19.2 Å². The van der Waals surface area contributed by atoms with Crippen molar-refractivity contribution in [3.63, 3.8) is 0 Å². The summed E-state index contributed by atoms with van der Waals surface area (Å²) in [6.45, 7) is 5.64. The van der Waals surface area contributed by atoms with Gasteiger partial charge in [0.05, 0.1) is 23.1 Å². The Morgan fingerprint density at radius 2 is 1.67 bits per heavy atom. The van der Waals surface area contributed by atoms with Crippen LogP contribution in [0.1, 0.15) is 36.8 Å². The van der Waals surface area contributed by atoms with Gasteiger partial charge in [-0.2, -0.15) is 0 Å². The van der Waals surface area contributed by atoms with Gasteiger partial charge in [0.25, 0.3) is 0 Å². The Labute approximate surface area is 178 Å². The molecule has 1 N–H and O–H groups in total. The molecule has 2 aromatic carbocycles. The standard InChI is InChI=1S/C24H28N2O3S/c1-17-8-10-20(14-18(17)2)30(27,28)23-16-25-22-11-9-19(29-3)15-21(22)24(23)26-12-6-4-5-7-13-26/h8-11,14-16H,4-7,12-13H2,1-3H3/p+1. The van der Waals surface area contributed by atoms with Crippen molar-refractivity contribution in [3.8, 4) is 5.75 Å². The number of benzene rings is 2. The average Bonchev–Trinajstić information content (AvgIpc) is 3.03. The second kappa shape index (κ2) is 8.26. The lowest BCUT2D eigenvalue weighted by Gasteiger charge is -2.25. The van der Waals surface area contributed by atoms with Crippen LogP contribution in [0.4, 0.5) is 5.69 Å². The van der Waals surface area contributed by atoms with Gasteiger partial charge < -0.3 is 9.64 Å². The normalized spacial score (nSPS) is 15.2. The number of hydrogen-bond acceptors (Lipinski definition) is 4. The lowest BCUT2D eigenvalue weighted by Crippen LogP contribution is -2.27. The first kappa shape index (κ1) is 20.7. The van der Waals surface area contributed by atoms with Gasteiger partial charge in [0.15, 0.2) is 11.1 Å². The van der Waals surface area contributed by atoms with Crippen molar-refractivity contribution in [2.75, 3.05) is 25.1 Å². The fraction of sp³-hybridized carbons (Fsp3) is 0.375. The van der Waals surface area contributed by atoms with Gasteiger partial charge in [-0.1, -0.05) is 18.9 Å². The topological polar surface area (TPSA) is 60.8 Å². The van der Waals surface area contributed by atoms with E-state index < -0.39 is 9.84 Å². The summed E-state index contributed by atoms with van der Waals surface area (Å²) in [6.07, 6.45) is 6.13. The van der Waals surface area contributed by atoms with Gasteiger partial charge in [0.1, 0.15) is 5.75 Å². The van der Waals surface area contributed by atoms with E-state index in [0.29, 0.717) is 15.5 Å². The Balaban J connectivity index is 1.98. The summed E-state index contributed by atoms with van der Waals surface area (Å²) in [4.78, 5) is 6.11. The Bertz CT molecular complexity index is 1180. The summed E-state index contributed by atoms with van der Waals surface area (Å²) < 4.78 is 33.0. The van der Waals surface area contributed by atoms with E-state index in [0.717, 1.165) is 53.6 Å². The lowest BCUT2D eigenvalue weighted by molar-refractivity contribution is -0.347. The van der Waals surface area contributed by atoms with E-state index in [2.05, 4.69) is 9.88 Å². The number of methoxy groups -OCH3 is 1. The van der Waals surface area contributed by atoms with E-state index in [1.54, 1.807) is 25.4 Å². The van der Waals surface area contributed by atoms with Crippen LogP contribution in [-0.4, -0.2) is 28.6 Å². The molecule has 0 spiro atoms. The molecule has 0 aliphatic carbocycles. The highest BCUT2D eigenvalue weighted by molar-refractivity contribution is 7.91. The fourth-order valence-corrected chi connectivity index (χ4v) is 5.69. The predicted octanol–water partition coefficient (Wildman–Crippen LogP) is 4.49. The minimum absolute atomic E-state index is 0.327. The zero-order valence-electron chi connectivity index (χ0n) is 17.9. The lowest BCUT2D eigenvalue weighted by atomic mass is 10.1. The molecule has 0 atom stereocenters. The Kier molecular flexibility index (Phi) is 5.69. The molecule has 1 fully saturated rings. The number of H-pyrrole nitrogens is 1. The number of aromatic amines is 1. The Hall–Kier alpha value is -2.60. The molecule has 0 saturated carbocycles. The number of aryl methyl sites for hydroxylation is 2. The summed E-state index contributed by atoms with van der Waals surface area (Å²) >= 11 is 0. The van der Waals surface area contributed by atoms with Crippen molar-refractivity contribution in [2.24, 2.45) is 0 Å². The maximum atomic E-state index is 13.8. The van der Waals surface area contributed by atoms with Crippen molar-refractivity contribution >= 4 is 26.4 Å². The maximum Gasteiger partial charge on any atom is 0.214 e. The summed E-state index contributed by atoms with van der Waals surface area (Å²) in [5.74, 6) is 0.715. The zero-order chi connectivity index (χ0) is 21.3. The number of pyridine rings is 1. The van der Waals surface area contributed by atoms with Gasteiger partial charge in [-0.3, -0.25) is 0 Å². The summed E-state index contributed by atoms with van der Waals surface area (Å²) in [5.41, 5.74) is 3.73. The average molecular weight is 426 g/mol. The molecule has 4 rings (SSSR count). The molecule has 0 unspecified atom stereocenters. The second-order valence-corrected chi connectivity index (χ2v) is 9.98. The number of ether oxygens (including phenoxy) is 1. The summed E-state index contributed by atoms with van der Waals surface area (Å²) in [7, 11) is -2.06.